The first-order valence-electron chi connectivity index (χ1n) is 13.1. The van der Waals surface area contributed by atoms with Gasteiger partial charge in [-0.05, 0) is 86.7 Å². The van der Waals surface area contributed by atoms with E-state index < -0.39 is 0 Å². The van der Waals surface area contributed by atoms with Crippen LogP contribution in [0.4, 0.5) is 23.1 Å². The summed E-state index contributed by atoms with van der Waals surface area (Å²) < 4.78 is 0. The Balaban J connectivity index is 1.32. The number of rotatable bonds is 6. The van der Waals surface area contributed by atoms with E-state index in [4.69, 9.17) is 9.97 Å². The predicted octanol–water partition coefficient (Wildman–Crippen LogP) is 5.19. The first kappa shape index (κ1) is 25.9. The lowest BCUT2D eigenvalue weighted by atomic mass is 10.0. The van der Waals surface area contributed by atoms with Crippen molar-refractivity contribution in [2.75, 3.05) is 41.4 Å². The van der Waals surface area contributed by atoms with Gasteiger partial charge in [0.15, 0.2) is 0 Å². The zero-order valence-corrected chi connectivity index (χ0v) is 22.9. The maximum Gasteiger partial charge on any atom is 0.251 e. The van der Waals surface area contributed by atoms with Gasteiger partial charge in [-0.15, -0.1) is 11.8 Å². The quantitative estimate of drug-likeness (QED) is 0.402. The molecule has 2 aromatic carbocycles. The molecule has 38 heavy (non-hydrogen) atoms. The lowest BCUT2D eigenvalue weighted by Crippen LogP contribution is -2.39. The fourth-order valence-electron chi connectivity index (χ4n) is 5.18. The van der Waals surface area contributed by atoms with Gasteiger partial charge < -0.3 is 20.9 Å². The van der Waals surface area contributed by atoms with Gasteiger partial charge in [0.05, 0.1) is 22.2 Å². The average Bonchev–Trinajstić information content (AvgIpc) is 2.94. The summed E-state index contributed by atoms with van der Waals surface area (Å²) in [5.41, 5.74) is 6.56. The van der Waals surface area contributed by atoms with Crippen molar-refractivity contribution in [3.63, 3.8) is 0 Å². The van der Waals surface area contributed by atoms with Gasteiger partial charge in [-0.25, -0.2) is 4.98 Å². The summed E-state index contributed by atoms with van der Waals surface area (Å²) in [5.74, 6) is 2.49. The largest absolute Gasteiger partial charge is 0.371 e. The first-order valence-corrected chi connectivity index (χ1v) is 14.1. The molecule has 3 heterocycles. The van der Waals surface area contributed by atoms with Crippen LogP contribution in [0.5, 0.6) is 0 Å². The monoisotopic (exact) mass is 527 g/mol. The molecule has 0 radical (unpaired) electrons. The van der Waals surface area contributed by atoms with Gasteiger partial charge in [0, 0.05) is 43.1 Å². The highest BCUT2D eigenvalue weighted by Crippen LogP contribution is 2.38. The molecule has 1 amide bonds. The number of aromatic nitrogens is 2. The number of carbonyl (C=O) groups excluding carboxylic acids is 1. The van der Waals surface area contributed by atoms with E-state index in [2.05, 4.69) is 33.0 Å². The number of nitrogens with one attached hydrogen (secondary N) is 3. The molecule has 2 aliphatic rings. The Morgan fingerprint density at radius 2 is 1.89 bits per heavy atom. The lowest BCUT2D eigenvalue weighted by molar-refractivity contribution is 0.0963. The molecule has 1 aromatic heterocycles. The van der Waals surface area contributed by atoms with Crippen molar-refractivity contribution >= 4 is 40.8 Å². The molecule has 3 N–H and O–H groups in total. The number of benzene rings is 2. The number of aryl methyl sites for hydroxylation is 3. The molecule has 3 aromatic rings. The summed E-state index contributed by atoms with van der Waals surface area (Å²) in [6.07, 6.45) is 3.96. The summed E-state index contributed by atoms with van der Waals surface area (Å²) in [7, 11) is 1.65. The molecule has 8 nitrogen and oxygen atoms in total. The minimum atomic E-state index is -0.0677. The summed E-state index contributed by atoms with van der Waals surface area (Å²) in [6.45, 7) is 5.83. The third-order valence-corrected chi connectivity index (χ3v) is 8.38. The predicted molar refractivity (Wildman–Crippen MR) is 154 cm³/mol. The third kappa shape index (κ3) is 5.55. The van der Waals surface area contributed by atoms with E-state index in [1.807, 2.05) is 55.9 Å². The van der Waals surface area contributed by atoms with Gasteiger partial charge in [0.2, 0.25) is 5.95 Å². The highest BCUT2D eigenvalue weighted by molar-refractivity contribution is 7.99. The highest BCUT2D eigenvalue weighted by atomic mass is 32.2. The molecule has 2 aliphatic heterocycles. The molecule has 0 saturated carbocycles. The highest BCUT2D eigenvalue weighted by Gasteiger charge is 2.24. The van der Waals surface area contributed by atoms with Gasteiger partial charge in [0.25, 0.3) is 5.91 Å². The zero-order chi connectivity index (χ0) is 26.6. The molecule has 9 heteroatoms. The summed E-state index contributed by atoms with van der Waals surface area (Å²) in [6, 6.07) is 14.1. The van der Waals surface area contributed by atoms with Crippen molar-refractivity contribution in [1.82, 2.24) is 15.3 Å². The number of carbonyl (C=O) groups is 1. The second kappa shape index (κ2) is 11.3. The maximum atomic E-state index is 12.0. The number of hydrogen-bond donors (Lipinski definition) is 3. The normalized spacial score (nSPS) is 15.4. The topological polar surface area (TPSA) is 106 Å². The van der Waals surface area contributed by atoms with Crippen LogP contribution in [-0.2, 0) is 6.42 Å². The Labute approximate surface area is 228 Å². The number of amides is 1. The minimum Gasteiger partial charge on any atom is -0.371 e. The fourth-order valence-corrected chi connectivity index (χ4v) is 6.22. The molecule has 0 unspecified atom stereocenters. The zero-order valence-electron chi connectivity index (χ0n) is 22.1. The molecule has 0 aliphatic carbocycles. The maximum absolute atomic E-state index is 12.0. The van der Waals surface area contributed by atoms with Crippen molar-refractivity contribution in [2.45, 2.75) is 50.5 Å². The Morgan fingerprint density at radius 1 is 1.13 bits per heavy atom. The summed E-state index contributed by atoms with van der Waals surface area (Å²) in [5, 5.41) is 19.2. The summed E-state index contributed by atoms with van der Waals surface area (Å²) >= 11 is 1.81. The number of nitriles is 1. The molecule has 0 bridgehead atoms. The van der Waals surface area contributed by atoms with E-state index >= 15 is 0 Å². The molecule has 1 saturated heterocycles. The second-order valence-corrected chi connectivity index (χ2v) is 11.0. The molecular formula is C29H33N7OS. The standard InChI is InChI=1S/C29H33N7OS/c1-18-14-20(17-30)15-19(2)25(18)34-27-26-24(8-5-13-38-26)33-29(35-27)32-22-9-11-36(12-10-22)23-7-4-6-21(16-23)28(37)31-3/h4,6-7,14-16,22H,5,8-13H2,1-3H3,(H,31,37)(H2,32,33,34,35). The number of anilines is 4. The van der Waals surface area contributed by atoms with Crippen LogP contribution in [0.1, 0.15) is 52.0 Å². The van der Waals surface area contributed by atoms with E-state index in [0.29, 0.717) is 17.1 Å². The van der Waals surface area contributed by atoms with Gasteiger partial charge in [-0.1, -0.05) is 6.07 Å². The van der Waals surface area contributed by atoms with Crippen molar-refractivity contribution in [3.05, 3.63) is 64.3 Å². The minimum absolute atomic E-state index is 0.0677. The number of fused-ring (bicyclic) bond motifs is 1. The van der Waals surface area contributed by atoms with Crippen LogP contribution in [0, 0.1) is 25.2 Å². The van der Waals surface area contributed by atoms with Crippen molar-refractivity contribution < 1.29 is 4.79 Å². The van der Waals surface area contributed by atoms with Gasteiger partial charge in [-0.2, -0.15) is 10.2 Å². The van der Waals surface area contributed by atoms with Crippen molar-refractivity contribution in [3.8, 4) is 6.07 Å². The molecular weight excluding hydrogens is 494 g/mol. The van der Waals surface area contributed by atoms with Gasteiger partial charge in [0.1, 0.15) is 5.82 Å². The van der Waals surface area contributed by atoms with Crippen LogP contribution in [0.15, 0.2) is 41.3 Å². The van der Waals surface area contributed by atoms with Crippen LogP contribution in [-0.4, -0.2) is 47.8 Å². The molecule has 1 fully saturated rings. The Hall–Kier alpha value is -3.77. The van der Waals surface area contributed by atoms with Crippen molar-refractivity contribution in [1.29, 1.82) is 5.26 Å². The van der Waals surface area contributed by atoms with Crippen LogP contribution < -0.4 is 20.9 Å². The number of thioether (sulfide) groups is 1. The molecule has 0 atom stereocenters. The third-order valence-electron chi connectivity index (χ3n) is 7.17. The first-order chi connectivity index (χ1) is 18.4. The van der Waals surface area contributed by atoms with Crippen LogP contribution in [0.25, 0.3) is 0 Å². The van der Waals surface area contributed by atoms with E-state index in [1.54, 1.807) is 7.05 Å². The Kier molecular flexibility index (Phi) is 7.70. The lowest BCUT2D eigenvalue weighted by Gasteiger charge is -2.34. The number of nitrogens with zero attached hydrogens (tertiary/aromatic N) is 4. The van der Waals surface area contributed by atoms with E-state index in [1.165, 1.54) is 0 Å². The van der Waals surface area contributed by atoms with Crippen LogP contribution in [0.3, 0.4) is 0 Å². The van der Waals surface area contributed by atoms with Crippen molar-refractivity contribution in [2.24, 2.45) is 0 Å². The van der Waals surface area contributed by atoms with Crippen LogP contribution >= 0.6 is 11.8 Å². The smallest absolute Gasteiger partial charge is 0.251 e. The van der Waals surface area contributed by atoms with Gasteiger partial charge in [-0.3, -0.25) is 4.79 Å². The second-order valence-electron chi connectivity index (χ2n) is 9.88. The Morgan fingerprint density at radius 3 is 2.61 bits per heavy atom. The molecule has 5 rings (SSSR count). The van der Waals surface area contributed by atoms with Crippen LogP contribution in [0.2, 0.25) is 0 Å². The van der Waals surface area contributed by atoms with E-state index in [9.17, 15) is 10.1 Å². The molecule has 196 valence electrons. The van der Waals surface area contributed by atoms with E-state index in [-0.39, 0.29) is 11.9 Å². The molecule has 0 spiro atoms. The average molecular weight is 528 g/mol. The van der Waals surface area contributed by atoms with E-state index in [0.717, 1.165) is 83.4 Å². The number of hydrogen-bond acceptors (Lipinski definition) is 8. The SMILES string of the molecule is CNC(=O)c1cccc(N2CCC(Nc3nc4c(c(Nc5c(C)cc(C#N)cc5C)n3)SCCC4)CC2)c1. The summed E-state index contributed by atoms with van der Waals surface area (Å²) in [4.78, 5) is 25.4. The van der Waals surface area contributed by atoms with Gasteiger partial charge >= 0.3 is 0 Å². The fraction of sp³-hybridized carbons (Fsp3) is 0.379. The Bertz CT molecular complexity index is 1370. The number of piperidine rings is 1.